The zero-order valence-corrected chi connectivity index (χ0v) is 9.82. The molecule has 0 saturated heterocycles. The van der Waals surface area contributed by atoms with Crippen molar-refractivity contribution in [2.45, 2.75) is 20.0 Å². The summed E-state index contributed by atoms with van der Waals surface area (Å²) < 4.78 is 10.0. The Morgan fingerprint density at radius 1 is 1.50 bits per heavy atom. The van der Waals surface area contributed by atoms with Gasteiger partial charge in [-0.1, -0.05) is 6.07 Å². The summed E-state index contributed by atoms with van der Waals surface area (Å²) in [6.45, 7) is 3.96. The number of esters is 1. The van der Waals surface area contributed by atoms with Gasteiger partial charge in [-0.15, -0.1) is 0 Å². The van der Waals surface area contributed by atoms with Gasteiger partial charge >= 0.3 is 5.97 Å². The molecule has 0 saturated carbocycles. The summed E-state index contributed by atoms with van der Waals surface area (Å²) in [6.07, 6.45) is -0.105. The highest BCUT2D eigenvalue weighted by Gasteiger charge is 2.10. The Kier molecular flexibility index (Phi) is 4.31. The third-order valence-electron chi connectivity index (χ3n) is 2.37. The lowest BCUT2D eigenvalue weighted by molar-refractivity contribution is 0.0169. The van der Waals surface area contributed by atoms with Crippen LogP contribution in [0.15, 0.2) is 18.2 Å². The van der Waals surface area contributed by atoms with E-state index in [2.05, 4.69) is 0 Å². The average Bonchev–Trinajstić information content (AvgIpc) is 2.29. The van der Waals surface area contributed by atoms with Crippen molar-refractivity contribution in [2.24, 2.45) is 0 Å². The number of nitrogen functional groups attached to an aromatic ring is 1. The van der Waals surface area contributed by atoms with Crippen LogP contribution in [0.5, 0.6) is 0 Å². The minimum atomic E-state index is -0.379. The Bertz CT molecular complexity index is 377. The maximum atomic E-state index is 11.6. The molecule has 1 rings (SSSR count). The van der Waals surface area contributed by atoms with Crippen LogP contribution >= 0.6 is 0 Å². The lowest BCUT2D eigenvalue weighted by atomic mass is 10.1. The number of hydrogen-bond donors (Lipinski definition) is 1. The molecular weight excluding hydrogens is 206 g/mol. The predicted molar refractivity (Wildman–Crippen MR) is 62.3 cm³/mol. The minimum absolute atomic E-state index is 0.105. The number of nitrogens with two attached hydrogens (primary N) is 1. The number of aryl methyl sites for hydroxylation is 1. The van der Waals surface area contributed by atoms with Crippen molar-refractivity contribution in [3.05, 3.63) is 29.3 Å². The Balaban J connectivity index is 2.63. The molecule has 0 bridgehead atoms. The van der Waals surface area contributed by atoms with E-state index >= 15 is 0 Å². The fourth-order valence-electron chi connectivity index (χ4n) is 1.11. The average molecular weight is 223 g/mol. The van der Waals surface area contributed by atoms with Crippen molar-refractivity contribution in [3.8, 4) is 0 Å². The van der Waals surface area contributed by atoms with Gasteiger partial charge in [0, 0.05) is 12.8 Å². The lowest BCUT2D eigenvalue weighted by Gasteiger charge is -2.10. The zero-order chi connectivity index (χ0) is 12.1. The van der Waals surface area contributed by atoms with Crippen molar-refractivity contribution < 1.29 is 14.3 Å². The lowest BCUT2D eigenvalue weighted by Crippen LogP contribution is -2.17. The van der Waals surface area contributed by atoms with Crippen LogP contribution in [0.3, 0.4) is 0 Å². The van der Waals surface area contributed by atoms with E-state index in [0.717, 1.165) is 5.56 Å². The normalized spacial score (nSPS) is 12.2. The Morgan fingerprint density at radius 3 is 2.75 bits per heavy atom. The van der Waals surface area contributed by atoms with Crippen molar-refractivity contribution >= 4 is 11.7 Å². The molecule has 1 aromatic rings. The standard InChI is InChI=1S/C12H17NO3/c1-8-4-5-10(6-11(8)13)12(14)16-7-9(2)15-3/h4-6,9H,7,13H2,1-3H3. The summed E-state index contributed by atoms with van der Waals surface area (Å²) in [5.41, 5.74) is 7.71. The van der Waals surface area contributed by atoms with Crippen molar-refractivity contribution in [2.75, 3.05) is 19.5 Å². The summed E-state index contributed by atoms with van der Waals surface area (Å²) >= 11 is 0. The fourth-order valence-corrected chi connectivity index (χ4v) is 1.11. The quantitative estimate of drug-likeness (QED) is 0.624. The summed E-state index contributed by atoms with van der Waals surface area (Å²) in [5, 5.41) is 0. The number of hydrogen-bond acceptors (Lipinski definition) is 4. The van der Waals surface area contributed by atoms with Gasteiger partial charge in [0.1, 0.15) is 6.61 Å². The van der Waals surface area contributed by atoms with Gasteiger partial charge in [0.25, 0.3) is 0 Å². The molecule has 0 radical (unpaired) electrons. The van der Waals surface area contributed by atoms with Gasteiger partial charge in [0.2, 0.25) is 0 Å². The predicted octanol–water partition coefficient (Wildman–Crippen LogP) is 1.77. The van der Waals surface area contributed by atoms with Gasteiger partial charge in [-0.05, 0) is 31.5 Å². The Hall–Kier alpha value is -1.55. The van der Waals surface area contributed by atoms with E-state index in [9.17, 15) is 4.79 Å². The molecule has 1 unspecified atom stereocenters. The van der Waals surface area contributed by atoms with E-state index in [1.54, 1.807) is 25.3 Å². The molecular formula is C12H17NO3. The highest BCUT2D eigenvalue weighted by molar-refractivity contribution is 5.90. The fraction of sp³-hybridized carbons (Fsp3) is 0.417. The van der Waals surface area contributed by atoms with Crippen LogP contribution in [-0.2, 0) is 9.47 Å². The molecule has 1 aromatic carbocycles. The zero-order valence-electron chi connectivity index (χ0n) is 9.82. The molecule has 0 aromatic heterocycles. The molecule has 2 N–H and O–H groups in total. The molecule has 0 spiro atoms. The van der Waals surface area contributed by atoms with Crippen molar-refractivity contribution in [1.82, 2.24) is 0 Å². The molecule has 0 amide bonds. The maximum absolute atomic E-state index is 11.6. The van der Waals surface area contributed by atoms with Gasteiger partial charge in [-0.2, -0.15) is 0 Å². The highest BCUT2D eigenvalue weighted by atomic mass is 16.6. The molecule has 1 atom stereocenters. The first kappa shape index (κ1) is 12.5. The summed E-state index contributed by atoms with van der Waals surface area (Å²) in [7, 11) is 1.57. The monoisotopic (exact) mass is 223 g/mol. The second-order valence-electron chi connectivity index (χ2n) is 3.72. The number of carbonyl (C=O) groups is 1. The number of anilines is 1. The number of methoxy groups -OCH3 is 1. The third kappa shape index (κ3) is 3.24. The Labute approximate surface area is 95.3 Å². The first-order valence-electron chi connectivity index (χ1n) is 5.10. The number of benzene rings is 1. The molecule has 0 aliphatic heterocycles. The molecule has 88 valence electrons. The number of carbonyl (C=O) groups excluding carboxylic acids is 1. The molecule has 0 fully saturated rings. The molecule has 16 heavy (non-hydrogen) atoms. The van der Waals surface area contributed by atoms with Crippen LogP contribution in [0.2, 0.25) is 0 Å². The summed E-state index contributed by atoms with van der Waals surface area (Å²) in [4.78, 5) is 11.6. The smallest absolute Gasteiger partial charge is 0.338 e. The minimum Gasteiger partial charge on any atom is -0.459 e. The van der Waals surface area contributed by atoms with Gasteiger partial charge in [0.05, 0.1) is 11.7 Å². The third-order valence-corrected chi connectivity index (χ3v) is 2.37. The molecule has 4 heteroatoms. The van der Waals surface area contributed by atoms with Crippen LogP contribution in [0.1, 0.15) is 22.8 Å². The summed E-state index contributed by atoms with van der Waals surface area (Å²) in [6, 6.07) is 5.12. The molecule has 4 nitrogen and oxygen atoms in total. The largest absolute Gasteiger partial charge is 0.459 e. The topological polar surface area (TPSA) is 61.5 Å². The maximum Gasteiger partial charge on any atom is 0.338 e. The highest BCUT2D eigenvalue weighted by Crippen LogP contribution is 2.13. The van der Waals surface area contributed by atoms with E-state index in [1.807, 2.05) is 13.8 Å². The van der Waals surface area contributed by atoms with Gasteiger partial charge < -0.3 is 15.2 Å². The molecule has 0 aliphatic carbocycles. The van der Waals surface area contributed by atoms with Gasteiger partial charge in [0.15, 0.2) is 0 Å². The van der Waals surface area contributed by atoms with Gasteiger partial charge in [-0.3, -0.25) is 0 Å². The van der Waals surface area contributed by atoms with Crippen LogP contribution in [-0.4, -0.2) is 25.8 Å². The number of ether oxygens (including phenoxy) is 2. The van der Waals surface area contributed by atoms with Crippen LogP contribution < -0.4 is 5.73 Å². The Morgan fingerprint density at radius 2 is 2.19 bits per heavy atom. The first-order chi connectivity index (χ1) is 7.54. The first-order valence-corrected chi connectivity index (χ1v) is 5.10. The van der Waals surface area contributed by atoms with Crippen molar-refractivity contribution in [1.29, 1.82) is 0 Å². The molecule has 0 heterocycles. The number of rotatable bonds is 4. The van der Waals surface area contributed by atoms with Crippen LogP contribution in [0.25, 0.3) is 0 Å². The second-order valence-corrected chi connectivity index (χ2v) is 3.72. The van der Waals surface area contributed by atoms with E-state index in [-0.39, 0.29) is 18.7 Å². The van der Waals surface area contributed by atoms with Crippen LogP contribution in [0.4, 0.5) is 5.69 Å². The van der Waals surface area contributed by atoms with E-state index in [0.29, 0.717) is 11.3 Å². The van der Waals surface area contributed by atoms with Crippen LogP contribution in [0, 0.1) is 6.92 Å². The van der Waals surface area contributed by atoms with E-state index in [1.165, 1.54) is 0 Å². The van der Waals surface area contributed by atoms with E-state index < -0.39 is 0 Å². The van der Waals surface area contributed by atoms with Crippen molar-refractivity contribution in [3.63, 3.8) is 0 Å². The van der Waals surface area contributed by atoms with E-state index in [4.69, 9.17) is 15.2 Å². The van der Waals surface area contributed by atoms with Gasteiger partial charge in [-0.25, -0.2) is 4.79 Å². The molecule has 0 aliphatic rings. The second kappa shape index (κ2) is 5.51. The summed E-state index contributed by atoms with van der Waals surface area (Å²) in [5.74, 6) is -0.379. The SMILES string of the molecule is COC(C)COC(=O)c1ccc(C)c(N)c1.